The molecule has 0 radical (unpaired) electrons. The molecule has 0 saturated carbocycles. The van der Waals surface area contributed by atoms with Crippen molar-refractivity contribution in [2.75, 3.05) is 7.11 Å². The summed E-state index contributed by atoms with van der Waals surface area (Å²) in [5.41, 5.74) is 3.10. The summed E-state index contributed by atoms with van der Waals surface area (Å²) >= 11 is 0. The molecule has 5 aromatic rings. The number of aromatic nitrogens is 1. The molecular formula is C33H25NO6. The average Bonchev–Trinajstić information content (AvgIpc) is 3.00. The van der Waals surface area contributed by atoms with Crippen molar-refractivity contribution in [1.82, 2.24) is 4.98 Å². The van der Waals surface area contributed by atoms with Gasteiger partial charge in [0.15, 0.2) is 5.78 Å². The molecule has 0 aliphatic rings. The van der Waals surface area contributed by atoms with Gasteiger partial charge in [-0.15, -0.1) is 0 Å². The van der Waals surface area contributed by atoms with Gasteiger partial charge in [0.2, 0.25) is 0 Å². The molecule has 0 bridgehead atoms. The standard InChI is InChI=1S/C33H25NO6/c1-38-25-14-10-24(11-15-25)32(37)29-20-34-30-19-27(39-21-23-5-3-2-4-6-23)16-17-28(30)33(29)40-26-12-7-22(8-13-26)9-18-31(35)36/h2-20H,21H2,1H3,(H,35,36)/b18-9+. The Labute approximate surface area is 230 Å². The van der Waals surface area contributed by atoms with Crippen LogP contribution in [0.2, 0.25) is 0 Å². The fourth-order valence-electron chi connectivity index (χ4n) is 4.08. The lowest BCUT2D eigenvalue weighted by Gasteiger charge is -2.15. The number of carboxylic acid groups (broad SMARTS) is 1. The first-order valence-electron chi connectivity index (χ1n) is 12.5. The molecule has 0 saturated heterocycles. The highest BCUT2D eigenvalue weighted by Crippen LogP contribution is 2.36. The maximum absolute atomic E-state index is 13.6. The zero-order valence-corrected chi connectivity index (χ0v) is 21.6. The maximum Gasteiger partial charge on any atom is 0.328 e. The minimum absolute atomic E-state index is 0.252. The first kappa shape index (κ1) is 26.2. The molecule has 0 atom stereocenters. The maximum atomic E-state index is 13.6. The molecule has 0 aliphatic carbocycles. The molecule has 5 rings (SSSR count). The number of aliphatic carboxylic acids is 1. The number of carbonyl (C=O) groups excluding carboxylic acids is 1. The predicted molar refractivity (Wildman–Crippen MR) is 152 cm³/mol. The second-order valence-corrected chi connectivity index (χ2v) is 8.85. The van der Waals surface area contributed by atoms with Crippen LogP contribution in [0.1, 0.15) is 27.0 Å². The van der Waals surface area contributed by atoms with Crippen LogP contribution < -0.4 is 14.2 Å². The third-order valence-corrected chi connectivity index (χ3v) is 6.15. The number of ketones is 1. The molecule has 7 heteroatoms. The SMILES string of the molecule is COc1ccc(C(=O)c2cnc3cc(OCc4ccccc4)ccc3c2Oc2ccc(/C=C/C(=O)O)cc2)cc1. The van der Waals surface area contributed by atoms with E-state index in [2.05, 4.69) is 4.98 Å². The van der Waals surface area contributed by atoms with Crippen molar-refractivity contribution in [3.05, 3.63) is 132 Å². The first-order valence-corrected chi connectivity index (χ1v) is 12.5. The number of fused-ring (bicyclic) bond motifs is 1. The van der Waals surface area contributed by atoms with Crippen molar-refractivity contribution < 1.29 is 28.9 Å². The van der Waals surface area contributed by atoms with Crippen LogP contribution in [0, 0.1) is 0 Å². The number of hydrogen-bond donors (Lipinski definition) is 1. The molecular weight excluding hydrogens is 506 g/mol. The van der Waals surface area contributed by atoms with Gasteiger partial charge in [0.05, 0.1) is 18.2 Å². The van der Waals surface area contributed by atoms with Gasteiger partial charge in [-0.1, -0.05) is 42.5 Å². The van der Waals surface area contributed by atoms with Gasteiger partial charge >= 0.3 is 5.97 Å². The van der Waals surface area contributed by atoms with Crippen molar-refractivity contribution in [3.63, 3.8) is 0 Å². The van der Waals surface area contributed by atoms with Crippen molar-refractivity contribution in [3.8, 4) is 23.0 Å². The van der Waals surface area contributed by atoms with Crippen LogP contribution in [0.15, 0.2) is 109 Å². The van der Waals surface area contributed by atoms with E-state index in [1.54, 1.807) is 55.6 Å². The number of benzene rings is 4. The molecule has 0 fully saturated rings. The van der Waals surface area contributed by atoms with Gasteiger partial charge in [0, 0.05) is 29.3 Å². The molecule has 1 aromatic heterocycles. The molecule has 0 unspecified atom stereocenters. The average molecular weight is 532 g/mol. The summed E-state index contributed by atoms with van der Waals surface area (Å²) in [6.07, 6.45) is 4.06. The van der Waals surface area contributed by atoms with Crippen LogP contribution in [0.3, 0.4) is 0 Å². The topological polar surface area (TPSA) is 95.0 Å². The quantitative estimate of drug-likeness (QED) is 0.154. The Bertz CT molecular complexity index is 1680. The van der Waals surface area contributed by atoms with Crippen LogP contribution in [-0.4, -0.2) is 29.0 Å². The minimum atomic E-state index is -1.03. The van der Waals surface area contributed by atoms with E-state index in [0.717, 1.165) is 11.6 Å². The summed E-state index contributed by atoms with van der Waals surface area (Å²) in [7, 11) is 1.57. The van der Waals surface area contributed by atoms with Gasteiger partial charge in [-0.3, -0.25) is 9.78 Å². The van der Waals surface area contributed by atoms with E-state index >= 15 is 0 Å². The fraction of sp³-hybridized carbons (Fsp3) is 0.0606. The Morgan fingerprint density at radius 1 is 0.850 bits per heavy atom. The highest BCUT2D eigenvalue weighted by Gasteiger charge is 2.20. The number of hydrogen-bond acceptors (Lipinski definition) is 6. The number of rotatable bonds is 10. The monoisotopic (exact) mass is 531 g/mol. The zero-order valence-electron chi connectivity index (χ0n) is 21.6. The smallest absolute Gasteiger partial charge is 0.328 e. The van der Waals surface area contributed by atoms with Crippen LogP contribution >= 0.6 is 0 Å². The molecule has 40 heavy (non-hydrogen) atoms. The Hall–Kier alpha value is -5.43. The molecule has 1 heterocycles. The largest absolute Gasteiger partial charge is 0.497 e. The summed E-state index contributed by atoms with van der Waals surface area (Å²) in [5, 5.41) is 9.52. The van der Waals surface area contributed by atoms with Crippen LogP contribution in [-0.2, 0) is 11.4 Å². The third-order valence-electron chi connectivity index (χ3n) is 6.15. The number of pyridine rings is 1. The van der Waals surface area contributed by atoms with Crippen molar-refractivity contribution in [2.24, 2.45) is 0 Å². The van der Waals surface area contributed by atoms with Crippen LogP contribution in [0.25, 0.3) is 17.0 Å². The molecule has 198 valence electrons. The Kier molecular flexibility index (Phi) is 7.83. The second-order valence-electron chi connectivity index (χ2n) is 8.85. The number of carbonyl (C=O) groups is 2. The van der Waals surface area contributed by atoms with Gasteiger partial charge < -0.3 is 19.3 Å². The zero-order chi connectivity index (χ0) is 27.9. The van der Waals surface area contributed by atoms with Gasteiger partial charge in [-0.2, -0.15) is 0 Å². The minimum Gasteiger partial charge on any atom is -0.497 e. The summed E-state index contributed by atoms with van der Waals surface area (Å²) < 4.78 is 17.5. The molecule has 4 aromatic carbocycles. The van der Waals surface area contributed by atoms with E-state index in [-0.39, 0.29) is 5.78 Å². The van der Waals surface area contributed by atoms with E-state index in [1.807, 2.05) is 48.5 Å². The van der Waals surface area contributed by atoms with E-state index in [0.29, 0.717) is 57.2 Å². The number of carboxylic acids is 1. The second kappa shape index (κ2) is 12.0. The molecule has 0 amide bonds. The highest BCUT2D eigenvalue weighted by atomic mass is 16.5. The Morgan fingerprint density at radius 3 is 2.25 bits per heavy atom. The number of nitrogens with zero attached hydrogens (tertiary/aromatic N) is 1. The normalized spacial score (nSPS) is 10.9. The summed E-state index contributed by atoms with van der Waals surface area (Å²) in [6.45, 7) is 0.409. The van der Waals surface area contributed by atoms with Gasteiger partial charge in [-0.05, 0) is 65.7 Å². The summed E-state index contributed by atoms with van der Waals surface area (Å²) in [6, 6.07) is 29.0. The Balaban J connectivity index is 1.50. The lowest BCUT2D eigenvalue weighted by atomic mass is 10.0. The van der Waals surface area contributed by atoms with E-state index in [9.17, 15) is 9.59 Å². The third kappa shape index (κ3) is 6.16. The highest BCUT2D eigenvalue weighted by molar-refractivity contribution is 6.13. The molecule has 1 N–H and O–H groups in total. The van der Waals surface area contributed by atoms with Crippen molar-refractivity contribution >= 4 is 28.7 Å². The lowest BCUT2D eigenvalue weighted by molar-refractivity contribution is -0.131. The van der Waals surface area contributed by atoms with Crippen LogP contribution in [0.5, 0.6) is 23.0 Å². The predicted octanol–water partition coefficient (Wildman–Crippen LogP) is 6.94. The number of methoxy groups -OCH3 is 1. The van der Waals surface area contributed by atoms with Crippen molar-refractivity contribution in [1.29, 1.82) is 0 Å². The fourth-order valence-corrected chi connectivity index (χ4v) is 4.08. The molecule has 0 aliphatic heterocycles. The van der Waals surface area contributed by atoms with Gasteiger partial charge in [0.25, 0.3) is 0 Å². The Morgan fingerprint density at radius 2 is 1.55 bits per heavy atom. The van der Waals surface area contributed by atoms with Crippen molar-refractivity contribution in [2.45, 2.75) is 6.61 Å². The summed E-state index contributed by atoms with van der Waals surface area (Å²) in [5.74, 6) is 0.834. The van der Waals surface area contributed by atoms with E-state index < -0.39 is 5.97 Å². The summed E-state index contributed by atoms with van der Waals surface area (Å²) in [4.78, 5) is 29.0. The first-order chi connectivity index (χ1) is 19.5. The van der Waals surface area contributed by atoms with E-state index in [1.165, 1.54) is 12.3 Å². The molecule has 7 nitrogen and oxygen atoms in total. The van der Waals surface area contributed by atoms with E-state index in [4.69, 9.17) is 19.3 Å². The van der Waals surface area contributed by atoms with Crippen LogP contribution in [0.4, 0.5) is 0 Å². The number of ether oxygens (including phenoxy) is 3. The molecule has 0 spiro atoms. The van der Waals surface area contributed by atoms with Gasteiger partial charge in [-0.25, -0.2) is 4.79 Å². The van der Waals surface area contributed by atoms with Gasteiger partial charge in [0.1, 0.15) is 29.6 Å². The lowest BCUT2D eigenvalue weighted by Crippen LogP contribution is -2.05.